The zero-order valence-electron chi connectivity index (χ0n) is 18.7. The maximum Gasteiger partial charge on any atom is 0.276 e. The first-order valence-corrected chi connectivity index (χ1v) is 10.8. The van der Waals surface area contributed by atoms with Gasteiger partial charge in [-0.3, -0.25) is 9.59 Å². The summed E-state index contributed by atoms with van der Waals surface area (Å²) in [7, 11) is 1.61. The second-order valence-corrected chi connectivity index (χ2v) is 7.49. The summed E-state index contributed by atoms with van der Waals surface area (Å²) in [5, 5.41) is 7.37. The third-order valence-electron chi connectivity index (χ3n) is 5.24. The number of rotatable bonds is 9. The smallest absolute Gasteiger partial charge is 0.276 e. The molecule has 0 saturated carbocycles. The molecule has 4 aromatic rings. The van der Waals surface area contributed by atoms with E-state index in [0.717, 1.165) is 22.6 Å². The fourth-order valence-electron chi connectivity index (χ4n) is 3.56. The van der Waals surface area contributed by atoms with Crippen LogP contribution in [0.15, 0.2) is 71.8 Å². The molecule has 0 aliphatic carbocycles. The molecule has 2 heterocycles. The molecule has 1 N–H and O–H groups in total. The molecule has 170 valence electrons. The number of amides is 1. The van der Waals surface area contributed by atoms with Crippen molar-refractivity contribution in [2.45, 2.75) is 19.9 Å². The normalized spacial score (nSPS) is 10.8. The van der Waals surface area contributed by atoms with Gasteiger partial charge in [0.25, 0.3) is 5.56 Å². The standard InChI is InChI=1S/C25H26N4O4/c1-3-33-20-9-7-18(8-10-20)15-24(30)26-11-12-28-13-14-29-23(25(28)31)17-22(27-29)19-5-4-6-21(16-19)32-2/h4-10,13-14,16-17H,3,11-12,15H2,1-2H3,(H,26,30). The van der Waals surface area contributed by atoms with Crippen LogP contribution in [0, 0.1) is 0 Å². The van der Waals surface area contributed by atoms with E-state index in [1.807, 2.05) is 55.5 Å². The second-order valence-electron chi connectivity index (χ2n) is 7.49. The number of ether oxygens (including phenoxy) is 2. The summed E-state index contributed by atoms with van der Waals surface area (Å²) in [6.45, 7) is 3.25. The van der Waals surface area contributed by atoms with Crippen LogP contribution in [0.3, 0.4) is 0 Å². The molecule has 0 fully saturated rings. The highest BCUT2D eigenvalue weighted by atomic mass is 16.5. The van der Waals surface area contributed by atoms with Gasteiger partial charge in [-0.25, -0.2) is 4.52 Å². The molecule has 1 amide bonds. The Labute approximate surface area is 191 Å². The first-order chi connectivity index (χ1) is 16.1. The number of carbonyl (C=O) groups is 1. The minimum Gasteiger partial charge on any atom is -0.497 e. The second kappa shape index (κ2) is 10.0. The highest BCUT2D eigenvalue weighted by molar-refractivity contribution is 5.78. The van der Waals surface area contributed by atoms with Gasteiger partial charge in [-0.2, -0.15) is 5.10 Å². The van der Waals surface area contributed by atoms with E-state index in [1.54, 1.807) is 34.7 Å². The summed E-state index contributed by atoms with van der Waals surface area (Å²) >= 11 is 0. The number of hydrogen-bond donors (Lipinski definition) is 1. The Kier molecular flexibility index (Phi) is 6.73. The van der Waals surface area contributed by atoms with E-state index in [4.69, 9.17) is 9.47 Å². The molecule has 0 unspecified atom stereocenters. The van der Waals surface area contributed by atoms with Crippen molar-refractivity contribution in [1.82, 2.24) is 19.5 Å². The number of methoxy groups -OCH3 is 1. The van der Waals surface area contributed by atoms with E-state index >= 15 is 0 Å². The molecule has 0 bridgehead atoms. The monoisotopic (exact) mass is 446 g/mol. The molecular weight excluding hydrogens is 420 g/mol. The van der Waals surface area contributed by atoms with Crippen LogP contribution in [0.2, 0.25) is 0 Å². The van der Waals surface area contributed by atoms with Crippen molar-refractivity contribution in [3.05, 3.63) is 82.9 Å². The highest BCUT2D eigenvalue weighted by Gasteiger charge is 2.10. The van der Waals surface area contributed by atoms with E-state index in [-0.39, 0.29) is 17.9 Å². The Morgan fingerprint density at radius 3 is 2.64 bits per heavy atom. The van der Waals surface area contributed by atoms with Crippen LogP contribution < -0.4 is 20.3 Å². The average Bonchev–Trinajstić information content (AvgIpc) is 3.27. The first-order valence-electron chi connectivity index (χ1n) is 10.8. The number of nitrogens with one attached hydrogen (secondary N) is 1. The predicted molar refractivity (Wildman–Crippen MR) is 126 cm³/mol. The summed E-state index contributed by atoms with van der Waals surface area (Å²) in [6, 6.07) is 16.8. The van der Waals surface area contributed by atoms with E-state index in [2.05, 4.69) is 10.4 Å². The lowest BCUT2D eigenvalue weighted by Crippen LogP contribution is -2.32. The van der Waals surface area contributed by atoms with Gasteiger partial charge in [0.15, 0.2) is 0 Å². The summed E-state index contributed by atoms with van der Waals surface area (Å²) < 4.78 is 13.8. The molecule has 0 spiro atoms. The molecule has 0 atom stereocenters. The largest absolute Gasteiger partial charge is 0.497 e. The van der Waals surface area contributed by atoms with Crippen LogP contribution in [-0.2, 0) is 17.8 Å². The van der Waals surface area contributed by atoms with Crippen LogP contribution in [0.1, 0.15) is 12.5 Å². The lowest BCUT2D eigenvalue weighted by atomic mass is 10.1. The zero-order chi connectivity index (χ0) is 23.2. The average molecular weight is 447 g/mol. The highest BCUT2D eigenvalue weighted by Crippen LogP contribution is 2.23. The summed E-state index contributed by atoms with van der Waals surface area (Å²) in [4.78, 5) is 25.2. The van der Waals surface area contributed by atoms with Crippen LogP contribution in [0.5, 0.6) is 11.5 Å². The van der Waals surface area contributed by atoms with Crippen molar-refractivity contribution in [2.24, 2.45) is 0 Å². The van der Waals surface area contributed by atoms with Crippen molar-refractivity contribution in [2.75, 3.05) is 20.3 Å². The zero-order valence-corrected chi connectivity index (χ0v) is 18.7. The number of nitrogens with zero attached hydrogens (tertiary/aromatic N) is 3. The summed E-state index contributed by atoms with van der Waals surface area (Å²) in [6.07, 6.45) is 3.69. The molecular formula is C25H26N4O4. The van der Waals surface area contributed by atoms with Crippen molar-refractivity contribution in [1.29, 1.82) is 0 Å². The van der Waals surface area contributed by atoms with Gasteiger partial charge < -0.3 is 19.4 Å². The third-order valence-corrected chi connectivity index (χ3v) is 5.24. The molecule has 2 aromatic heterocycles. The minimum absolute atomic E-state index is 0.0991. The van der Waals surface area contributed by atoms with E-state index in [1.165, 1.54) is 0 Å². The van der Waals surface area contributed by atoms with Crippen molar-refractivity contribution < 1.29 is 14.3 Å². The topological polar surface area (TPSA) is 86.9 Å². The number of benzene rings is 2. The van der Waals surface area contributed by atoms with Crippen LogP contribution >= 0.6 is 0 Å². The Morgan fingerprint density at radius 1 is 1.06 bits per heavy atom. The molecule has 0 radical (unpaired) electrons. The quantitative estimate of drug-likeness (QED) is 0.427. The van der Waals surface area contributed by atoms with Gasteiger partial charge in [-0.15, -0.1) is 0 Å². The van der Waals surface area contributed by atoms with Gasteiger partial charge in [-0.05, 0) is 42.8 Å². The molecule has 2 aromatic carbocycles. The summed E-state index contributed by atoms with van der Waals surface area (Å²) in [5.41, 5.74) is 2.76. The Morgan fingerprint density at radius 2 is 1.88 bits per heavy atom. The Hall–Kier alpha value is -4.07. The van der Waals surface area contributed by atoms with Gasteiger partial charge in [0.2, 0.25) is 5.91 Å². The van der Waals surface area contributed by atoms with Crippen molar-refractivity contribution >= 4 is 11.4 Å². The molecule has 4 rings (SSSR count). The molecule has 0 aliphatic rings. The fourth-order valence-corrected chi connectivity index (χ4v) is 3.56. The van der Waals surface area contributed by atoms with E-state index in [9.17, 15) is 9.59 Å². The SMILES string of the molecule is CCOc1ccc(CC(=O)NCCn2ccn3nc(-c4cccc(OC)c4)cc3c2=O)cc1. The van der Waals surface area contributed by atoms with Gasteiger partial charge >= 0.3 is 0 Å². The molecule has 0 saturated heterocycles. The van der Waals surface area contributed by atoms with Gasteiger partial charge in [-0.1, -0.05) is 24.3 Å². The van der Waals surface area contributed by atoms with Crippen molar-refractivity contribution in [3.8, 4) is 22.8 Å². The van der Waals surface area contributed by atoms with Crippen LogP contribution in [0.25, 0.3) is 16.8 Å². The lowest BCUT2D eigenvalue weighted by Gasteiger charge is -2.08. The summed E-state index contributed by atoms with van der Waals surface area (Å²) in [5.74, 6) is 1.41. The maximum atomic E-state index is 12.9. The predicted octanol–water partition coefficient (Wildman–Crippen LogP) is 2.93. The minimum atomic E-state index is -0.167. The molecule has 33 heavy (non-hydrogen) atoms. The molecule has 0 aliphatic heterocycles. The first kappa shape index (κ1) is 22.1. The number of fused-ring (bicyclic) bond motifs is 1. The molecule has 8 heteroatoms. The van der Waals surface area contributed by atoms with Gasteiger partial charge in [0, 0.05) is 31.0 Å². The number of aromatic nitrogens is 3. The van der Waals surface area contributed by atoms with E-state index in [0.29, 0.717) is 30.9 Å². The number of hydrogen-bond acceptors (Lipinski definition) is 5. The van der Waals surface area contributed by atoms with Gasteiger partial charge in [0.05, 0.1) is 25.8 Å². The van der Waals surface area contributed by atoms with E-state index < -0.39 is 0 Å². The van der Waals surface area contributed by atoms with Gasteiger partial charge in [0.1, 0.15) is 17.0 Å². The third kappa shape index (κ3) is 5.23. The fraction of sp³-hybridized carbons (Fsp3) is 0.240. The Bertz CT molecular complexity index is 1310. The maximum absolute atomic E-state index is 12.9. The van der Waals surface area contributed by atoms with Crippen LogP contribution in [-0.4, -0.2) is 40.3 Å². The lowest BCUT2D eigenvalue weighted by molar-refractivity contribution is -0.120. The van der Waals surface area contributed by atoms with Crippen LogP contribution in [0.4, 0.5) is 0 Å². The van der Waals surface area contributed by atoms with Crippen molar-refractivity contribution in [3.63, 3.8) is 0 Å². The Balaban J connectivity index is 1.39. The number of carbonyl (C=O) groups excluding carboxylic acids is 1. The molecule has 8 nitrogen and oxygen atoms in total.